The molecule has 0 fully saturated rings. The summed E-state index contributed by atoms with van der Waals surface area (Å²) in [7, 11) is 0. The molecule has 0 atom stereocenters. The van der Waals surface area contributed by atoms with Crippen LogP contribution >= 0.6 is 12.2 Å². The highest BCUT2D eigenvalue weighted by atomic mass is 32.1. The van der Waals surface area contributed by atoms with Crippen molar-refractivity contribution in [3.8, 4) is 17.2 Å². The van der Waals surface area contributed by atoms with Crippen LogP contribution in [-0.4, -0.2) is 28.7 Å². The molecule has 0 bridgehead atoms. The molecule has 0 unspecified atom stereocenters. The molecule has 0 aliphatic heterocycles. The van der Waals surface area contributed by atoms with E-state index in [4.69, 9.17) is 21.7 Å². The van der Waals surface area contributed by atoms with Crippen LogP contribution in [0.4, 0.5) is 5.69 Å². The molecule has 2 N–H and O–H groups in total. The van der Waals surface area contributed by atoms with Gasteiger partial charge in [0.25, 0.3) is 5.91 Å². The van der Waals surface area contributed by atoms with Crippen molar-refractivity contribution in [2.24, 2.45) is 0 Å². The minimum atomic E-state index is -0.228. The van der Waals surface area contributed by atoms with E-state index in [2.05, 4.69) is 10.3 Å². The first-order valence-corrected chi connectivity index (χ1v) is 9.10. The van der Waals surface area contributed by atoms with Gasteiger partial charge in [-0.05, 0) is 62.5 Å². The van der Waals surface area contributed by atoms with E-state index in [9.17, 15) is 4.79 Å². The van der Waals surface area contributed by atoms with Gasteiger partial charge in [0.1, 0.15) is 0 Å². The SMILES string of the molecule is CCOc1ccc(C(=O)Nc2cccc(-n3cc[nH]c3=S)c2)cc1OCC. The van der Waals surface area contributed by atoms with Crippen LogP contribution in [0.2, 0.25) is 0 Å². The number of imidazole rings is 1. The topological polar surface area (TPSA) is 68.3 Å². The molecular weight excluding hydrogens is 362 g/mol. The molecule has 1 aromatic heterocycles. The van der Waals surface area contributed by atoms with E-state index in [1.54, 1.807) is 24.4 Å². The number of ether oxygens (including phenoxy) is 2. The number of anilines is 1. The van der Waals surface area contributed by atoms with Gasteiger partial charge in [-0.25, -0.2) is 0 Å². The van der Waals surface area contributed by atoms with E-state index in [0.29, 0.717) is 40.7 Å². The molecule has 1 heterocycles. The molecular formula is C20H21N3O3S. The second-order valence-electron chi connectivity index (χ2n) is 5.67. The zero-order valence-corrected chi connectivity index (χ0v) is 16.0. The van der Waals surface area contributed by atoms with Gasteiger partial charge in [-0.15, -0.1) is 0 Å². The molecule has 140 valence electrons. The van der Waals surface area contributed by atoms with Crippen LogP contribution in [0, 0.1) is 4.77 Å². The van der Waals surface area contributed by atoms with Crippen LogP contribution in [0.3, 0.4) is 0 Å². The van der Waals surface area contributed by atoms with E-state index in [1.165, 1.54) is 0 Å². The average molecular weight is 383 g/mol. The largest absolute Gasteiger partial charge is 0.490 e. The number of hydrogen-bond acceptors (Lipinski definition) is 4. The highest BCUT2D eigenvalue weighted by molar-refractivity contribution is 7.71. The minimum Gasteiger partial charge on any atom is -0.490 e. The molecule has 7 heteroatoms. The Morgan fingerprint density at radius 3 is 2.59 bits per heavy atom. The van der Waals surface area contributed by atoms with E-state index in [0.717, 1.165) is 5.69 Å². The monoisotopic (exact) mass is 383 g/mol. The summed E-state index contributed by atoms with van der Waals surface area (Å²) in [6.45, 7) is 4.81. The smallest absolute Gasteiger partial charge is 0.255 e. The highest BCUT2D eigenvalue weighted by Crippen LogP contribution is 2.29. The molecule has 0 saturated heterocycles. The Balaban J connectivity index is 1.82. The third kappa shape index (κ3) is 4.38. The zero-order chi connectivity index (χ0) is 19.2. The maximum absolute atomic E-state index is 12.7. The Morgan fingerprint density at radius 1 is 1.11 bits per heavy atom. The van der Waals surface area contributed by atoms with Crippen molar-refractivity contribution < 1.29 is 14.3 Å². The van der Waals surface area contributed by atoms with Gasteiger partial charge in [0.15, 0.2) is 16.3 Å². The van der Waals surface area contributed by atoms with Gasteiger partial charge >= 0.3 is 0 Å². The summed E-state index contributed by atoms with van der Waals surface area (Å²) in [5.41, 5.74) is 2.03. The van der Waals surface area contributed by atoms with Crippen molar-refractivity contribution in [3.63, 3.8) is 0 Å². The fraction of sp³-hybridized carbons (Fsp3) is 0.200. The van der Waals surface area contributed by atoms with Gasteiger partial charge in [-0.3, -0.25) is 9.36 Å². The molecule has 3 rings (SSSR count). The van der Waals surface area contributed by atoms with Gasteiger partial charge in [0.05, 0.1) is 13.2 Å². The lowest BCUT2D eigenvalue weighted by atomic mass is 10.1. The third-order valence-corrected chi connectivity index (χ3v) is 4.15. The van der Waals surface area contributed by atoms with Crippen molar-refractivity contribution in [3.05, 3.63) is 65.2 Å². The van der Waals surface area contributed by atoms with E-state index < -0.39 is 0 Å². The molecule has 1 amide bonds. The number of aromatic nitrogens is 2. The van der Waals surface area contributed by atoms with Crippen molar-refractivity contribution in [2.45, 2.75) is 13.8 Å². The van der Waals surface area contributed by atoms with Crippen LogP contribution < -0.4 is 14.8 Å². The maximum atomic E-state index is 12.7. The predicted octanol–water partition coefficient (Wildman–Crippen LogP) is 4.58. The Morgan fingerprint density at radius 2 is 1.89 bits per heavy atom. The lowest BCUT2D eigenvalue weighted by Crippen LogP contribution is -2.12. The summed E-state index contributed by atoms with van der Waals surface area (Å²) < 4.78 is 13.5. The Hall–Kier alpha value is -3.06. The summed E-state index contributed by atoms with van der Waals surface area (Å²) in [5.74, 6) is 0.952. The molecule has 3 aromatic rings. The Kier molecular flexibility index (Phi) is 5.93. The van der Waals surface area contributed by atoms with E-state index in [-0.39, 0.29) is 5.91 Å². The summed E-state index contributed by atoms with van der Waals surface area (Å²) in [6.07, 6.45) is 3.60. The van der Waals surface area contributed by atoms with Crippen molar-refractivity contribution in [1.82, 2.24) is 9.55 Å². The number of H-pyrrole nitrogens is 1. The molecule has 0 saturated carbocycles. The predicted molar refractivity (Wildman–Crippen MR) is 108 cm³/mol. The second kappa shape index (κ2) is 8.55. The number of amides is 1. The quantitative estimate of drug-likeness (QED) is 0.586. The zero-order valence-electron chi connectivity index (χ0n) is 15.2. The van der Waals surface area contributed by atoms with E-state index in [1.807, 2.05) is 48.9 Å². The summed E-state index contributed by atoms with van der Waals surface area (Å²) in [6, 6.07) is 12.6. The lowest BCUT2D eigenvalue weighted by molar-refractivity contribution is 0.102. The number of nitrogens with zero attached hydrogens (tertiary/aromatic N) is 1. The standard InChI is InChI=1S/C20H21N3O3S/c1-3-25-17-9-8-14(12-18(17)26-4-2)19(24)22-15-6-5-7-16(13-15)23-11-10-21-20(23)27/h5-13H,3-4H2,1-2H3,(H,21,27)(H,22,24). The van der Waals surface area contributed by atoms with Crippen molar-refractivity contribution in [1.29, 1.82) is 0 Å². The Labute approximate surface area is 162 Å². The van der Waals surface area contributed by atoms with Crippen LogP contribution in [0.15, 0.2) is 54.9 Å². The first kappa shape index (κ1) is 18.7. The van der Waals surface area contributed by atoms with Gasteiger partial charge in [-0.2, -0.15) is 0 Å². The molecule has 0 spiro atoms. The lowest BCUT2D eigenvalue weighted by Gasteiger charge is -2.13. The summed E-state index contributed by atoms with van der Waals surface area (Å²) in [5, 5.41) is 2.91. The maximum Gasteiger partial charge on any atom is 0.255 e. The number of carbonyl (C=O) groups excluding carboxylic acids is 1. The van der Waals surface area contributed by atoms with Gasteiger partial charge in [0.2, 0.25) is 0 Å². The molecule has 2 aromatic carbocycles. The first-order valence-electron chi connectivity index (χ1n) is 8.69. The number of benzene rings is 2. The van der Waals surface area contributed by atoms with Crippen LogP contribution in [0.25, 0.3) is 5.69 Å². The number of carbonyl (C=O) groups is 1. The molecule has 0 radical (unpaired) electrons. The molecule has 0 aliphatic carbocycles. The molecule has 6 nitrogen and oxygen atoms in total. The fourth-order valence-corrected chi connectivity index (χ4v) is 2.89. The summed E-state index contributed by atoms with van der Waals surface area (Å²) in [4.78, 5) is 15.6. The summed E-state index contributed by atoms with van der Waals surface area (Å²) >= 11 is 5.24. The van der Waals surface area contributed by atoms with Crippen molar-refractivity contribution >= 4 is 23.8 Å². The third-order valence-electron chi connectivity index (χ3n) is 3.84. The number of nitrogens with one attached hydrogen (secondary N) is 2. The van der Waals surface area contributed by atoms with Gasteiger partial charge < -0.3 is 19.8 Å². The van der Waals surface area contributed by atoms with Gasteiger partial charge in [-0.1, -0.05) is 6.07 Å². The van der Waals surface area contributed by atoms with Gasteiger partial charge in [0, 0.05) is 29.3 Å². The fourth-order valence-electron chi connectivity index (χ4n) is 2.65. The number of aromatic amines is 1. The first-order chi connectivity index (χ1) is 13.1. The average Bonchev–Trinajstić information content (AvgIpc) is 3.10. The van der Waals surface area contributed by atoms with Crippen LogP contribution in [0.1, 0.15) is 24.2 Å². The molecule has 27 heavy (non-hydrogen) atoms. The second-order valence-corrected chi connectivity index (χ2v) is 6.05. The Bertz CT molecular complexity index is 994. The molecule has 0 aliphatic rings. The minimum absolute atomic E-state index is 0.228. The van der Waals surface area contributed by atoms with Crippen molar-refractivity contribution in [2.75, 3.05) is 18.5 Å². The van der Waals surface area contributed by atoms with Crippen LogP contribution in [-0.2, 0) is 0 Å². The van der Waals surface area contributed by atoms with Crippen LogP contribution in [0.5, 0.6) is 11.5 Å². The van der Waals surface area contributed by atoms with E-state index >= 15 is 0 Å². The highest BCUT2D eigenvalue weighted by Gasteiger charge is 2.12. The number of rotatable bonds is 7. The number of hydrogen-bond donors (Lipinski definition) is 2. The normalized spacial score (nSPS) is 10.4.